The third kappa shape index (κ3) is 1.84. The second-order valence-corrected chi connectivity index (χ2v) is 6.79. The van der Waals surface area contributed by atoms with Crippen molar-refractivity contribution in [2.45, 2.75) is 56.8 Å². The zero-order chi connectivity index (χ0) is 11.9. The van der Waals surface area contributed by atoms with Gasteiger partial charge in [0.15, 0.2) is 0 Å². The van der Waals surface area contributed by atoms with E-state index in [0.29, 0.717) is 5.41 Å². The van der Waals surface area contributed by atoms with Crippen molar-refractivity contribution in [1.82, 2.24) is 10.3 Å². The number of nitrogens with one attached hydrogen (secondary N) is 1. The van der Waals surface area contributed by atoms with Gasteiger partial charge in [0.1, 0.15) is 0 Å². The molecule has 2 saturated carbocycles. The van der Waals surface area contributed by atoms with Crippen LogP contribution in [0.3, 0.4) is 0 Å². The molecule has 0 unspecified atom stereocenters. The van der Waals surface area contributed by atoms with Crippen LogP contribution in [0.5, 0.6) is 0 Å². The summed E-state index contributed by atoms with van der Waals surface area (Å²) in [5.74, 6) is 0.791. The molecule has 2 fully saturated rings. The molecule has 0 radical (unpaired) electrons. The van der Waals surface area contributed by atoms with Crippen LogP contribution >= 0.6 is 11.3 Å². The number of thiazole rings is 1. The van der Waals surface area contributed by atoms with E-state index in [1.807, 2.05) is 11.3 Å². The summed E-state index contributed by atoms with van der Waals surface area (Å²) in [6.07, 6.45) is 8.22. The molecule has 0 aliphatic heterocycles. The molecule has 17 heavy (non-hydrogen) atoms. The van der Waals surface area contributed by atoms with Crippen molar-refractivity contribution >= 4 is 11.3 Å². The average molecular weight is 250 g/mol. The summed E-state index contributed by atoms with van der Waals surface area (Å²) in [5, 5.41) is 4.80. The molecule has 0 bridgehead atoms. The van der Waals surface area contributed by atoms with Crippen LogP contribution in [0.4, 0.5) is 0 Å². The number of rotatable bonds is 4. The number of hydrogen-bond acceptors (Lipinski definition) is 3. The second-order valence-electron chi connectivity index (χ2n) is 5.76. The van der Waals surface area contributed by atoms with Crippen molar-refractivity contribution in [1.29, 1.82) is 0 Å². The van der Waals surface area contributed by atoms with Crippen molar-refractivity contribution in [3.8, 4) is 0 Å². The number of likely N-dealkylation sites (N-methyl/N-ethyl adjacent to an activating group) is 1. The highest BCUT2D eigenvalue weighted by molar-refractivity contribution is 7.12. The number of nitrogens with zero attached hydrogens (tertiary/aromatic N) is 1. The Balaban J connectivity index is 1.88. The lowest BCUT2D eigenvalue weighted by Crippen LogP contribution is -2.42. The lowest BCUT2D eigenvalue weighted by Gasteiger charge is -2.41. The molecule has 0 atom stereocenters. The zero-order valence-corrected chi connectivity index (χ0v) is 11.7. The van der Waals surface area contributed by atoms with E-state index in [1.54, 1.807) is 4.88 Å². The van der Waals surface area contributed by atoms with E-state index in [0.717, 1.165) is 12.5 Å². The molecule has 0 amide bonds. The summed E-state index contributed by atoms with van der Waals surface area (Å²) in [7, 11) is 2.07. The Labute approximate surface area is 108 Å². The van der Waals surface area contributed by atoms with E-state index in [4.69, 9.17) is 4.98 Å². The smallest absolute Gasteiger partial charge is 0.0962 e. The molecular formula is C14H22N2S. The Morgan fingerprint density at radius 1 is 1.35 bits per heavy atom. The number of aryl methyl sites for hydroxylation is 1. The first-order valence-electron chi connectivity index (χ1n) is 6.87. The fraction of sp³-hybridized carbons (Fsp3) is 0.786. The van der Waals surface area contributed by atoms with Crippen molar-refractivity contribution in [2.24, 2.45) is 0 Å². The lowest BCUT2D eigenvalue weighted by atomic mass is 9.67. The Hall–Kier alpha value is -0.410. The maximum Gasteiger partial charge on any atom is 0.0962 e. The van der Waals surface area contributed by atoms with E-state index >= 15 is 0 Å². The van der Waals surface area contributed by atoms with Crippen molar-refractivity contribution in [3.05, 3.63) is 15.6 Å². The van der Waals surface area contributed by atoms with Gasteiger partial charge in [0.05, 0.1) is 10.7 Å². The predicted octanol–water partition coefficient (Wildman–Crippen LogP) is 3.36. The molecule has 2 aliphatic carbocycles. The second kappa shape index (κ2) is 4.36. The molecule has 1 aromatic rings. The Morgan fingerprint density at radius 3 is 2.59 bits per heavy atom. The summed E-state index contributed by atoms with van der Waals surface area (Å²) >= 11 is 2.02. The van der Waals surface area contributed by atoms with Gasteiger partial charge in [-0.25, -0.2) is 4.98 Å². The molecule has 1 heterocycles. The van der Waals surface area contributed by atoms with Gasteiger partial charge in [0, 0.05) is 22.8 Å². The van der Waals surface area contributed by atoms with Crippen LogP contribution in [-0.2, 0) is 5.41 Å². The van der Waals surface area contributed by atoms with Crippen LogP contribution in [0.15, 0.2) is 0 Å². The topological polar surface area (TPSA) is 24.9 Å². The predicted molar refractivity (Wildman–Crippen MR) is 72.9 cm³/mol. The van der Waals surface area contributed by atoms with Crippen LogP contribution in [0.1, 0.15) is 60.0 Å². The maximum atomic E-state index is 4.85. The van der Waals surface area contributed by atoms with Crippen LogP contribution < -0.4 is 5.32 Å². The molecule has 0 aromatic carbocycles. The van der Waals surface area contributed by atoms with E-state index in [2.05, 4.69) is 19.3 Å². The molecule has 3 heteroatoms. The van der Waals surface area contributed by atoms with Crippen molar-refractivity contribution in [3.63, 3.8) is 0 Å². The van der Waals surface area contributed by atoms with Crippen molar-refractivity contribution in [2.75, 3.05) is 13.6 Å². The van der Waals surface area contributed by atoms with Crippen LogP contribution in [-0.4, -0.2) is 18.6 Å². The fourth-order valence-corrected chi connectivity index (χ4v) is 4.65. The normalized spacial score (nSPS) is 23.2. The molecule has 94 valence electrons. The van der Waals surface area contributed by atoms with Crippen LogP contribution in [0.2, 0.25) is 0 Å². The van der Waals surface area contributed by atoms with Crippen LogP contribution in [0, 0.1) is 6.92 Å². The standard InChI is InChI=1S/C14H22N2S/c1-10-12(14(9-15-2)7-4-8-14)17-13(16-10)11-5-3-6-11/h11,15H,3-9H2,1-2H3. The minimum absolute atomic E-state index is 0.429. The van der Waals surface area contributed by atoms with Gasteiger partial charge in [-0.05, 0) is 39.7 Å². The Bertz CT molecular complexity index is 402. The summed E-state index contributed by atoms with van der Waals surface area (Å²) in [4.78, 5) is 6.44. The molecular weight excluding hydrogens is 228 g/mol. The molecule has 3 rings (SSSR count). The summed E-state index contributed by atoms with van der Waals surface area (Å²) in [5.41, 5.74) is 1.74. The average Bonchev–Trinajstić information content (AvgIpc) is 2.51. The van der Waals surface area contributed by atoms with E-state index in [-0.39, 0.29) is 0 Å². The van der Waals surface area contributed by atoms with Gasteiger partial charge in [-0.3, -0.25) is 0 Å². The summed E-state index contributed by atoms with van der Waals surface area (Å²) in [6, 6.07) is 0. The third-order valence-electron chi connectivity index (χ3n) is 4.58. The minimum Gasteiger partial charge on any atom is -0.319 e. The molecule has 0 spiro atoms. The molecule has 1 N–H and O–H groups in total. The molecule has 2 nitrogen and oxygen atoms in total. The Morgan fingerprint density at radius 2 is 2.12 bits per heavy atom. The molecule has 1 aromatic heterocycles. The van der Waals surface area contributed by atoms with Gasteiger partial charge in [-0.15, -0.1) is 11.3 Å². The largest absolute Gasteiger partial charge is 0.319 e. The van der Waals surface area contributed by atoms with Crippen LogP contribution in [0.25, 0.3) is 0 Å². The molecule has 2 aliphatic rings. The summed E-state index contributed by atoms with van der Waals surface area (Å²) < 4.78 is 0. The highest BCUT2D eigenvalue weighted by Gasteiger charge is 2.41. The van der Waals surface area contributed by atoms with E-state index in [1.165, 1.54) is 49.2 Å². The lowest BCUT2D eigenvalue weighted by molar-refractivity contribution is 0.243. The first-order chi connectivity index (χ1) is 8.25. The fourth-order valence-electron chi connectivity index (χ4n) is 3.17. The third-order valence-corrected chi connectivity index (χ3v) is 6.14. The SMILES string of the molecule is CNCC1(c2sc(C3CCC3)nc2C)CCC1. The maximum absolute atomic E-state index is 4.85. The van der Waals surface area contributed by atoms with Gasteiger partial charge >= 0.3 is 0 Å². The van der Waals surface area contributed by atoms with Gasteiger partial charge in [-0.1, -0.05) is 12.8 Å². The number of aromatic nitrogens is 1. The van der Waals surface area contributed by atoms with Crippen molar-refractivity contribution < 1.29 is 0 Å². The highest BCUT2D eigenvalue weighted by Crippen LogP contribution is 2.49. The first kappa shape index (κ1) is 11.7. The summed E-state index contributed by atoms with van der Waals surface area (Å²) in [6.45, 7) is 3.34. The quantitative estimate of drug-likeness (QED) is 0.886. The van der Waals surface area contributed by atoms with E-state index < -0.39 is 0 Å². The monoisotopic (exact) mass is 250 g/mol. The first-order valence-corrected chi connectivity index (χ1v) is 7.69. The van der Waals surface area contributed by atoms with Gasteiger partial charge in [0.25, 0.3) is 0 Å². The zero-order valence-electron chi connectivity index (χ0n) is 10.9. The highest BCUT2D eigenvalue weighted by atomic mass is 32.1. The van der Waals surface area contributed by atoms with Gasteiger partial charge < -0.3 is 5.32 Å². The Kier molecular flexibility index (Phi) is 2.99. The van der Waals surface area contributed by atoms with E-state index in [9.17, 15) is 0 Å². The molecule has 0 saturated heterocycles. The minimum atomic E-state index is 0.429. The number of hydrogen-bond donors (Lipinski definition) is 1. The van der Waals surface area contributed by atoms with Gasteiger partial charge in [0.2, 0.25) is 0 Å². The van der Waals surface area contributed by atoms with Gasteiger partial charge in [-0.2, -0.15) is 0 Å².